The standard InChI is InChI=1S/C12H20.C2H2/c1-4-5-6-12-9-10(2)7-8-11(12)3;1-2/h5-6,10H,4,7-9H2,1-3H3;1-2H/b6-5-;. The van der Waals surface area contributed by atoms with Crippen LogP contribution in [0.3, 0.4) is 0 Å². The molecule has 0 aromatic rings. The molecule has 0 heterocycles. The highest BCUT2D eigenvalue weighted by atomic mass is 14.2. The first-order valence-corrected chi connectivity index (χ1v) is 5.42. The molecule has 14 heavy (non-hydrogen) atoms. The van der Waals surface area contributed by atoms with Gasteiger partial charge >= 0.3 is 0 Å². The smallest absolute Gasteiger partial charge is 0.0254 e. The van der Waals surface area contributed by atoms with Crippen LogP contribution in [-0.4, -0.2) is 0 Å². The molecule has 1 rings (SSSR count). The molecule has 0 radical (unpaired) electrons. The van der Waals surface area contributed by atoms with Crippen molar-refractivity contribution in [3.8, 4) is 12.8 Å². The van der Waals surface area contributed by atoms with Crippen molar-refractivity contribution < 1.29 is 0 Å². The van der Waals surface area contributed by atoms with Crippen molar-refractivity contribution in [1.29, 1.82) is 0 Å². The molecule has 0 saturated carbocycles. The maximum absolute atomic E-state index is 4.00. The highest BCUT2D eigenvalue weighted by Gasteiger charge is 2.12. The van der Waals surface area contributed by atoms with Gasteiger partial charge in [-0.1, -0.05) is 31.6 Å². The molecular formula is C14H22. The van der Waals surface area contributed by atoms with Gasteiger partial charge in [-0.05, 0) is 44.1 Å². The highest BCUT2D eigenvalue weighted by Crippen LogP contribution is 2.29. The van der Waals surface area contributed by atoms with Gasteiger partial charge in [-0.3, -0.25) is 0 Å². The van der Waals surface area contributed by atoms with Crippen LogP contribution in [0.5, 0.6) is 0 Å². The van der Waals surface area contributed by atoms with Gasteiger partial charge in [0.05, 0.1) is 0 Å². The lowest BCUT2D eigenvalue weighted by Crippen LogP contribution is -2.04. The van der Waals surface area contributed by atoms with Crippen LogP contribution in [0.1, 0.15) is 46.5 Å². The Morgan fingerprint density at radius 2 is 2.07 bits per heavy atom. The van der Waals surface area contributed by atoms with E-state index >= 15 is 0 Å². The van der Waals surface area contributed by atoms with Crippen LogP contribution in [0.2, 0.25) is 0 Å². The van der Waals surface area contributed by atoms with Gasteiger partial charge in [0, 0.05) is 0 Å². The second kappa shape index (κ2) is 7.44. The van der Waals surface area contributed by atoms with E-state index in [0.717, 1.165) is 12.3 Å². The van der Waals surface area contributed by atoms with Gasteiger partial charge in [0.25, 0.3) is 0 Å². The molecule has 1 aliphatic carbocycles. The fourth-order valence-electron chi connectivity index (χ4n) is 1.75. The SMILES string of the molecule is C#C.CC/C=C\C1=C(C)CCC(C)C1. The van der Waals surface area contributed by atoms with E-state index < -0.39 is 0 Å². The average Bonchev–Trinajstić information content (AvgIpc) is 2.22. The minimum atomic E-state index is 0.894. The molecule has 0 saturated heterocycles. The maximum atomic E-state index is 4.00. The van der Waals surface area contributed by atoms with Crippen molar-refractivity contribution in [3.05, 3.63) is 23.3 Å². The van der Waals surface area contributed by atoms with Crippen molar-refractivity contribution in [2.75, 3.05) is 0 Å². The molecule has 0 bridgehead atoms. The van der Waals surface area contributed by atoms with Crippen LogP contribution >= 0.6 is 0 Å². The molecular weight excluding hydrogens is 168 g/mol. The fourth-order valence-corrected chi connectivity index (χ4v) is 1.75. The zero-order valence-corrected chi connectivity index (χ0v) is 9.72. The number of terminal acetylenes is 1. The maximum Gasteiger partial charge on any atom is -0.0254 e. The molecule has 0 aliphatic heterocycles. The average molecular weight is 190 g/mol. The summed E-state index contributed by atoms with van der Waals surface area (Å²) >= 11 is 0. The fraction of sp³-hybridized carbons (Fsp3) is 0.571. The largest absolute Gasteiger partial charge is 0.124 e. The zero-order valence-electron chi connectivity index (χ0n) is 9.72. The normalized spacial score (nSPS) is 21.9. The van der Waals surface area contributed by atoms with Gasteiger partial charge in [0.15, 0.2) is 0 Å². The van der Waals surface area contributed by atoms with Crippen LogP contribution in [0, 0.1) is 18.8 Å². The van der Waals surface area contributed by atoms with Gasteiger partial charge in [-0.2, -0.15) is 0 Å². The first-order valence-electron chi connectivity index (χ1n) is 5.42. The first-order chi connectivity index (χ1) is 6.74. The third-order valence-electron chi connectivity index (χ3n) is 2.68. The Morgan fingerprint density at radius 3 is 2.64 bits per heavy atom. The van der Waals surface area contributed by atoms with Crippen LogP contribution in [0.25, 0.3) is 0 Å². The minimum Gasteiger partial charge on any atom is -0.124 e. The molecule has 0 fully saturated rings. The van der Waals surface area contributed by atoms with Gasteiger partial charge in [-0.25, -0.2) is 0 Å². The lowest BCUT2D eigenvalue weighted by molar-refractivity contribution is 0.502. The van der Waals surface area contributed by atoms with Gasteiger partial charge in [0.2, 0.25) is 0 Å². The van der Waals surface area contributed by atoms with Crippen LogP contribution < -0.4 is 0 Å². The van der Waals surface area contributed by atoms with Crippen LogP contribution in [0.15, 0.2) is 23.3 Å². The summed E-state index contributed by atoms with van der Waals surface area (Å²) in [5.74, 6) is 0.894. The summed E-state index contributed by atoms with van der Waals surface area (Å²) in [4.78, 5) is 0. The first kappa shape index (κ1) is 13.0. The number of hydrogen-bond donors (Lipinski definition) is 0. The van der Waals surface area contributed by atoms with E-state index in [2.05, 4.69) is 45.8 Å². The Labute approximate surface area is 89.1 Å². The third-order valence-corrected chi connectivity index (χ3v) is 2.68. The summed E-state index contributed by atoms with van der Waals surface area (Å²) in [5, 5.41) is 0. The number of rotatable bonds is 2. The lowest BCUT2D eigenvalue weighted by atomic mass is 9.85. The summed E-state index contributed by atoms with van der Waals surface area (Å²) in [6, 6.07) is 0. The molecule has 0 aromatic carbocycles. The second-order valence-corrected chi connectivity index (χ2v) is 3.96. The number of allylic oxidation sites excluding steroid dienone is 4. The summed E-state index contributed by atoms with van der Waals surface area (Å²) in [7, 11) is 0. The monoisotopic (exact) mass is 190 g/mol. The summed E-state index contributed by atoms with van der Waals surface area (Å²) in [5.41, 5.74) is 3.20. The van der Waals surface area contributed by atoms with Crippen molar-refractivity contribution in [1.82, 2.24) is 0 Å². The van der Waals surface area contributed by atoms with E-state index in [-0.39, 0.29) is 0 Å². The third kappa shape index (κ3) is 4.33. The van der Waals surface area contributed by atoms with Crippen molar-refractivity contribution in [2.24, 2.45) is 5.92 Å². The van der Waals surface area contributed by atoms with Crippen molar-refractivity contribution in [2.45, 2.75) is 46.5 Å². The van der Waals surface area contributed by atoms with E-state index in [1.807, 2.05) is 0 Å². The molecule has 1 aliphatic rings. The van der Waals surface area contributed by atoms with Crippen LogP contribution in [-0.2, 0) is 0 Å². The summed E-state index contributed by atoms with van der Waals surface area (Å²) in [6.07, 6.45) is 17.7. The zero-order chi connectivity index (χ0) is 11.0. The Bertz CT molecular complexity index is 228. The topological polar surface area (TPSA) is 0 Å². The van der Waals surface area contributed by atoms with E-state index in [0.29, 0.717) is 0 Å². The van der Waals surface area contributed by atoms with Gasteiger partial charge < -0.3 is 0 Å². The van der Waals surface area contributed by atoms with E-state index in [9.17, 15) is 0 Å². The molecule has 78 valence electrons. The molecule has 0 nitrogen and oxygen atoms in total. The Hall–Kier alpha value is -0.960. The van der Waals surface area contributed by atoms with E-state index in [4.69, 9.17) is 0 Å². The quantitative estimate of drug-likeness (QED) is 0.568. The Kier molecular flexibility index (Phi) is 6.93. The Balaban J connectivity index is 0.000000791. The lowest BCUT2D eigenvalue weighted by Gasteiger charge is -2.20. The molecule has 0 heteroatoms. The minimum absolute atomic E-state index is 0.894. The van der Waals surface area contributed by atoms with Crippen LogP contribution in [0.4, 0.5) is 0 Å². The summed E-state index contributed by atoms with van der Waals surface area (Å²) < 4.78 is 0. The predicted octanol–water partition coefficient (Wildman–Crippen LogP) is 4.34. The Morgan fingerprint density at radius 1 is 1.43 bits per heavy atom. The van der Waals surface area contributed by atoms with Gasteiger partial charge in [-0.15, -0.1) is 12.8 Å². The van der Waals surface area contributed by atoms with E-state index in [1.54, 1.807) is 11.1 Å². The molecule has 0 spiro atoms. The van der Waals surface area contributed by atoms with E-state index in [1.165, 1.54) is 19.3 Å². The van der Waals surface area contributed by atoms with Crippen molar-refractivity contribution in [3.63, 3.8) is 0 Å². The molecule has 0 N–H and O–H groups in total. The molecule has 0 aromatic heterocycles. The highest BCUT2D eigenvalue weighted by molar-refractivity contribution is 5.26. The molecule has 0 amide bonds. The van der Waals surface area contributed by atoms with Gasteiger partial charge in [0.1, 0.15) is 0 Å². The molecule has 1 unspecified atom stereocenters. The number of hydrogen-bond acceptors (Lipinski definition) is 0. The summed E-state index contributed by atoms with van der Waals surface area (Å²) in [6.45, 7) is 6.83. The molecule has 1 atom stereocenters. The predicted molar refractivity (Wildman–Crippen MR) is 65.0 cm³/mol. The second-order valence-electron chi connectivity index (χ2n) is 3.96. The van der Waals surface area contributed by atoms with Crippen molar-refractivity contribution >= 4 is 0 Å².